The summed E-state index contributed by atoms with van der Waals surface area (Å²) >= 11 is 12.4. The van der Waals surface area contributed by atoms with Crippen molar-refractivity contribution in [1.29, 1.82) is 0 Å². The quantitative estimate of drug-likeness (QED) is 0.269. The molecule has 0 bridgehead atoms. The van der Waals surface area contributed by atoms with E-state index < -0.39 is 49.1 Å². The highest BCUT2D eigenvalue weighted by Gasteiger charge is 2.46. The van der Waals surface area contributed by atoms with Crippen LogP contribution in [-0.2, 0) is 14.3 Å². The van der Waals surface area contributed by atoms with Crippen molar-refractivity contribution in [3.05, 3.63) is 58.2 Å². The standard InChI is InChI=1S/C25H25Cl2N3O8/c1-11(32)29-21-23(34)22(33)17(10-31)38-25(21)37-13-5-3-12(4-6-13)30-19-14-7-8-16(26)18(27)20(14)28-9-15(19)24(35)36-2/h3-9,17,21-23,25,31,33-34H,10H2,1-2H3,(H,28,30)(H,29,32)/t17-,21-,22+,23+,25-/m1/s1. The molecular weight excluding hydrogens is 541 g/mol. The number of nitrogens with one attached hydrogen (secondary N) is 2. The highest BCUT2D eigenvalue weighted by molar-refractivity contribution is 6.45. The number of carbonyl (C=O) groups excluding carboxylic acids is 2. The number of rotatable bonds is 7. The Balaban J connectivity index is 1.61. The summed E-state index contributed by atoms with van der Waals surface area (Å²) in [7, 11) is 1.26. The predicted octanol–water partition coefficient (Wildman–Crippen LogP) is 2.39. The normalized spacial score (nSPS) is 23.1. The Morgan fingerprint density at radius 3 is 2.45 bits per heavy atom. The maximum Gasteiger partial charge on any atom is 0.341 e. The number of methoxy groups -OCH3 is 1. The number of halogens is 2. The number of aliphatic hydroxyl groups is 3. The van der Waals surface area contributed by atoms with Crippen LogP contribution in [0.2, 0.25) is 10.0 Å². The van der Waals surface area contributed by atoms with Gasteiger partial charge in [-0.15, -0.1) is 0 Å². The molecular formula is C25H25Cl2N3O8. The molecule has 1 aliphatic rings. The van der Waals surface area contributed by atoms with E-state index in [-0.39, 0.29) is 10.6 Å². The average Bonchev–Trinajstić information content (AvgIpc) is 2.91. The Morgan fingerprint density at radius 2 is 1.82 bits per heavy atom. The van der Waals surface area contributed by atoms with Crippen LogP contribution in [-0.4, -0.2) is 76.5 Å². The van der Waals surface area contributed by atoms with E-state index in [1.165, 1.54) is 20.2 Å². The lowest BCUT2D eigenvalue weighted by Crippen LogP contribution is -2.65. The summed E-state index contributed by atoms with van der Waals surface area (Å²) < 4.78 is 16.3. The van der Waals surface area contributed by atoms with Crippen LogP contribution >= 0.6 is 23.2 Å². The maximum atomic E-state index is 12.4. The number of hydrogen-bond acceptors (Lipinski definition) is 10. The van der Waals surface area contributed by atoms with Crippen molar-refractivity contribution in [1.82, 2.24) is 10.3 Å². The van der Waals surface area contributed by atoms with Gasteiger partial charge in [-0.3, -0.25) is 9.78 Å². The van der Waals surface area contributed by atoms with E-state index in [0.717, 1.165) is 0 Å². The van der Waals surface area contributed by atoms with Gasteiger partial charge in [0.15, 0.2) is 0 Å². The van der Waals surface area contributed by atoms with E-state index in [9.17, 15) is 24.9 Å². The van der Waals surface area contributed by atoms with E-state index in [0.29, 0.717) is 33.0 Å². The van der Waals surface area contributed by atoms with Gasteiger partial charge in [-0.05, 0) is 36.4 Å². The SMILES string of the molecule is COC(=O)c1cnc2c(Cl)c(Cl)ccc2c1Nc1ccc(O[C@@H]2O[C@H](CO)[C@H](O)[C@@H](O)[C@H]2NC(C)=O)cc1. The summed E-state index contributed by atoms with van der Waals surface area (Å²) in [5.41, 5.74) is 1.54. The van der Waals surface area contributed by atoms with Crippen molar-refractivity contribution in [2.75, 3.05) is 19.0 Å². The second-order valence-corrected chi connectivity index (χ2v) is 9.28. The van der Waals surface area contributed by atoms with E-state index >= 15 is 0 Å². The maximum absolute atomic E-state index is 12.4. The van der Waals surface area contributed by atoms with Gasteiger partial charge >= 0.3 is 5.97 Å². The van der Waals surface area contributed by atoms with Crippen LogP contribution < -0.4 is 15.4 Å². The van der Waals surface area contributed by atoms with Crippen LogP contribution in [0.4, 0.5) is 11.4 Å². The fourth-order valence-corrected chi connectivity index (χ4v) is 4.44. The van der Waals surface area contributed by atoms with Gasteiger partial charge < -0.3 is 40.2 Å². The monoisotopic (exact) mass is 565 g/mol. The zero-order chi connectivity index (χ0) is 27.6. The summed E-state index contributed by atoms with van der Waals surface area (Å²) in [6.45, 7) is 0.687. The molecule has 1 amide bonds. The second-order valence-electron chi connectivity index (χ2n) is 8.50. The molecule has 38 heavy (non-hydrogen) atoms. The molecule has 0 unspecified atom stereocenters. The molecule has 0 saturated carbocycles. The van der Waals surface area contributed by atoms with Crippen molar-refractivity contribution in [2.24, 2.45) is 0 Å². The zero-order valence-electron chi connectivity index (χ0n) is 20.2. The summed E-state index contributed by atoms with van der Waals surface area (Å²) in [5.74, 6) is -0.767. The summed E-state index contributed by atoms with van der Waals surface area (Å²) in [6.07, 6.45) is -3.83. The van der Waals surface area contributed by atoms with Crippen molar-refractivity contribution in [2.45, 2.75) is 37.6 Å². The topological polar surface area (TPSA) is 159 Å². The minimum atomic E-state index is -1.44. The van der Waals surface area contributed by atoms with E-state index in [2.05, 4.69) is 15.6 Å². The molecule has 1 saturated heterocycles. The molecule has 2 aromatic carbocycles. The highest BCUT2D eigenvalue weighted by Crippen LogP contribution is 2.36. The fourth-order valence-electron chi connectivity index (χ4n) is 4.07. The van der Waals surface area contributed by atoms with Gasteiger partial charge in [-0.1, -0.05) is 23.2 Å². The van der Waals surface area contributed by atoms with Gasteiger partial charge in [0.25, 0.3) is 0 Å². The van der Waals surface area contributed by atoms with E-state index in [1.54, 1.807) is 36.4 Å². The Kier molecular flexibility index (Phi) is 8.56. The van der Waals surface area contributed by atoms with Crippen molar-refractivity contribution < 1.29 is 39.1 Å². The van der Waals surface area contributed by atoms with Crippen LogP contribution in [0.5, 0.6) is 5.75 Å². The number of anilines is 2. The molecule has 13 heteroatoms. The molecule has 4 rings (SSSR count). The number of ether oxygens (including phenoxy) is 3. The molecule has 1 aromatic heterocycles. The third kappa shape index (κ3) is 5.63. The molecule has 11 nitrogen and oxygen atoms in total. The van der Waals surface area contributed by atoms with E-state index in [4.69, 9.17) is 37.4 Å². The molecule has 1 aliphatic heterocycles. The van der Waals surface area contributed by atoms with Gasteiger partial charge in [-0.2, -0.15) is 0 Å². The smallest absolute Gasteiger partial charge is 0.341 e. The Morgan fingerprint density at radius 1 is 1.11 bits per heavy atom. The van der Waals surface area contributed by atoms with Crippen LogP contribution in [0.15, 0.2) is 42.6 Å². The molecule has 1 fully saturated rings. The predicted molar refractivity (Wildman–Crippen MR) is 139 cm³/mol. The van der Waals surface area contributed by atoms with Gasteiger partial charge in [0, 0.05) is 24.2 Å². The number of carbonyl (C=O) groups is 2. The zero-order valence-corrected chi connectivity index (χ0v) is 21.7. The van der Waals surface area contributed by atoms with Crippen LogP contribution in [0, 0.1) is 0 Å². The van der Waals surface area contributed by atoms with Crippen molar-refractivity contribution >= 4 is 57.4 Å². The first-order valence-electron chi connectivity index (χ1n) is 11.4. The number of pyridine rings is 1. The van der Waals surface area contributed by atoms with Crippen molar-refractivity contribution in [3.63, 3.8) is 0 Å². The number of fused-ring (bicyclic) bond motifs is 1. The number of amides is 1. The fraction of sp³-hybridized carbons (Fsp3) is 0.320. The first-order valence-corrected chi connectivity index (χ1v) is 12.2. The molecule has 0 aliphatic carbocycles. The molecule has 2 heterocycles. The largest absolute Gasteiger partial charge is 0.465 e. The highest BCUT2D eigenvalue weighted by atomic mass is 35.5. The van der Waals surface area contributed by atoms with Crippen LogP contribution in [0.3, 0.4) is 0 Å². The lowest BCUT2D eigenvalue weighted by atomic mass is 9.97. The Labute approximate surface area is 227 Å². The first-order chi connectivity index (χ1) is 18.1. The first kappa shape index (κ1) is 27.8. The molecule has 5 atom stereocenters. The number of esters is 1. The summed E-state index contributed by atoms with van der Waals surface area (Å²) in [6, 6.07) is 8.68. The average molecular weight is 566 g/mol. The minimum absolute atomic E-state index is 0.176. The number of aromatic nitrogens is 1. The molecule has 0 spiro atoms. The number of aliphatic hydroxyl groups excluding tert-OH is 3. The Hall–Kier alpha value is -3.19. The lowest BCUT2D eigenvalue weighted by molar-refractivity contribution is -0.244. The van der Waals surface area contributed by atoms with Crippen LogP contribution in [0.25, 0.3) is 10.9 Å². The molecule has 3 aromatic rings. The molecule has 0 radical (unpaired) electrons. The number of nitrogens with zero attached hydrogens (tertiary/aromatic N) is 1. The summed E-state index contributed by atoms with van der Waals surface area (Å²) in [5, 5.41) is 36.9. The minimum Gasteiger partial charge on any atom is -0.465 e. The van der Waals surface area contributed by atoms with Gasteiger partial charge in [0.1, 0.15) is 35.7 Å². The van der Waals surface area contributed by atoms with Gasteiger partial charge in [-0.25, -0.2) is 4.79 Å². The molecule has 202 valence electrons. The van der Waals surface area contributed by atoms with Crippen LogP contribution in [0.1, 0.15) is 17.3 Å². The van der Waals surface area contributed by atoms with Gasteiger partial charge in [0.2, 0.25) is 12.2 Å². The number of hydrogen-bond donors (Lipinski definition) is 5. The Bertz CT molecular complexity index is 1340. The molecule has 5 N–H and O–H groups in total. The number of benzene rings is 2. The summed E-state index contributed by atoms with van der Waals surface area (Å²) in [4.78, 5) is 28.3. The third-order valence-corrected chi connectivity index (χ3v) is 6.76. The van der Waals surface area contributed by atoms with Gasteiger partial charge in [0.05, 0.1) is 35.0 Å². The lowest BCUT2D eigenvalue weighted by Gasteiger charge is -2.42. The van der Waals surface area contributed by atoms with E-state index in [1.807, 2.05) is 0 Å². The second kappa shape index (κ2) is 11.7. The third-order valence-electron chi connectivity index (χ3n) is 5.96. The van der Waals surface area contributed by atoms with Crippen molar-refractivity contribution in [3.8, 4) is 5.75 Å².